The van der Waals surface area contributed by atoms with Gasteiger partial charge in [0.15, 0.2) is 5.96 Å². The molecule has 0 spiro atoms. The number of guanidine groups is 1. The summed E-state index contributed by atoms with van der Waals surface area (Å²) in [6.45, 7) is 6.86. The Kier molecular flexibility index (Phi) is 14.1. The van der Waals surface area contributed by atoms with Crippen molar-refractivity contribution < 1.29 is 0 Å². The lowest BCUT2D eigenvalue weighted by molar-refractivity contribution is 0.159. The smallest absolute Gasteiger partial charge is 0.190 e. The van der Waals surface area contributed by atoms with Crippen LogP contribution in [0, 0.1) is 0 Å². The number of hydrogen-bond donors (Lipinski definition) is 2. The van der Waals surface area contributed by atoms with Gasteiger partial charge in [0.1, 0.15) is 0 Å². The van der Waals surface area contributed by atoms with Gasteiger partial charge in [0.2, 0.25) is 0 Å². The molecule has 1 rings (SSSR count). The van der Waals surface area contributed by atoms with E-state index in [0.29, 0.717) is 0 Å². The Morgan fingerprint density at radius 1 is 1.24 bits per heavy atom. The van der Waals surface area contributed by atoms with Crippen LogP contribution < -0.4 is 10.6 Å². The Morgan fingerprint density at radius 2 is 1.95 bits per heavy atom. The van der Waals surface area contributed by atoms with Gasteiger partial charge in [-0.05, 0) is 51.2 Å². The third kappa shape index (κ3) is 9.84. The van der Waals surface area contributed by atoms with Crippen LogP contribution in [-0.4, -0.2) is 62.1 Å². The van der Waals surface area contributed by atoms with Gasteiger partial charge in [-0.2, -0.15) is 11.8 Å². The molecule has 0 aliphatic carbocycles. The van der Waals surface area contributed by atoms with E-state index < -0.39 is 0 Å². The SMILES string of the molecule is CN=C(NCCCSC)NCCCN1CCCCC1C.I. The van der Waals surface area contributed by atoms with Crippen LogP contribution in [0.2, 0.25) is 0 Å². The molecule has 1 atom stereocenters. The van der Waals surface area contributed by atoms with Crippen molar-refractivity contribution in [1.29, 1.82) is 0 Å². The minimum absolute atomic E-state index is 0. The number of halogens is 1. The summed E-state index contributed by atoms with van der Waals surface area (Å²) in [7, 11) is 1.84. The zero-order valence-electron chi connectivity index (χ0n) is 13.9. The highest BCUT2D eigenvalue weighted by atomic mass is 127. The van der Waals surface area contributed by atoms with Gasteiger partial charge in [-0.1, -0.05) is 6.42 Å². The quantitative estimate of drug-likeness (QED) is 0.270. The van der Waals surface area contributed by atoms with Gasteiger partial charge in [-0.3, -0.25) is 4.99 Å². The number of nitrogens with zero attached hydrogens (tertiary/aromatic N) is 2. The van der Waals surface area contributed by atoms with Crippen molar-refractivity contribution >= 4 is 41.7 Å². The molecule has 0 amide bonds. The number of piperidine rings is 1. The standard InChI is InChI=1S/C15H32N4S.HI/c1-14-8-4-5-11-19(14)12-6-9-17-15(16-2)18-10-7-13-20-3;/h14H,4-13H2,1-3H3,(H2,16,17,18);1H. The van der Waals surface area contributed by atoms with E-state index in [1.165, 1.54) is 50.9 Å². The molecule has 21 heavy (non-hydrogen) atoms. The minimum Gasteiger partial charge on any atom is -0.356 e. The molecule has 1 aliphatic rings. The van der Waals surface area contributed by atoms with Crippen LogP contribution >= 0.6 is 35.7 Å². The van der Waals surface area contributed by atoms with Crippen LogP contribution in [0.3, 0.4) is 0 Å². The van der Waals surface area contributed by atoms with Gasteiger partial charge in [-0.15, -0.1) is 24.0 Å². The van der Waals surface area contributed by atoms with Crippen molar-refractivity contribution in [3.8, 4) is 0 Å². The molecule has 1 saturated heterocycles. The number of nitrogens with one attached hydrogen (secondary N) is 2. The average molecular weight is 428 g/mol. The first-order valence-corrected chi connectivity index (χ1v) is 9.34. The summed E-state index contributed by atoms with van der Waals surface area (Å²) in [5.41, 5.74) is 0. The molecule has 4 nitrogen and oxygen atoms in total. The maximum Gasteiger partial charge on any atom is 0.190 e. The fourth-order valence-electron chi connectivity index (χ4n) is 2.62. The summed E-state index contributed by atoms with van der Waals surface area (Å²) >= 11 is 1.89. The maximum absolute atomic E-state index is 4.26. The molecule has 126 valence electrons. The van der Waals surface area contributed by atoms with Gasteiger partial charge in [-0.25, -0.2) is 0 Å². The maximum atomic E-state index is 4.26. The van der Waals surface area contributed by atoms with E-state index >= 15 is 0 Å². The lowest BCUT2D eigenvalue weighted by atomic mass is 10.0. The van der Waals surface area contributed by atoms with E-state index in [0.717, 1.165) is 25.1 Å². The van der Waals surface area contributed by atoms with E-state index in [9.17, 15) is 0 Å². The number of hydrogen-bond acceptors (Lipinski definition) is 3. The van der Waals surface area contributed by atoms with Crippen molar-refractivity contribution in [3.63, 3.8) is 0 Å². The molecule has 0 saturated carbocycles. The summed E-state index contributed by atoms with van der Waals surface area (Å²) in [6, 6.07) is 0.771. The van der Waals surface area contributed by atoms with Gasteiger partial charge >= 0.3 is 0 Å². The fraction of sp³-hybridized carbons (Fsp3) is 0.933. The van der Waals surface area contributed by atoms with Gasteiger partial charge in [0, 0.05) is 32.7 Å². The normalized spacial score (nSPS) is 20.0. The van der Waals surface area contributed by atoms with Crippen LogP contribution in [0.1, 0.15) is 39.0 Å². The van der Waals surface area contributed by atoms with Crippen LogP contribution in [-0.2, 0) is 0 Å². The molecule has 1 heterocycles. The Balaban J connectivity index is 0.00000400. The summed E-state index contributed by atoms with van der Waals surface area (Å²) in [5.74, 6) is 2.15. The topological polar surface area (TPSA) is 39.7 Å². The molecule has 0 aromatic carbocycles. The fourth-order valence-corrected chi connectivity index (χ4v) is 3.06. The first kappa shape index (κ1) is 21.3. The predicted octanol–water partition coefficient (Wildman–Crippen LogP) is 2.79. The van der Waals surface area contributed by atoms with Gasteiger partial charge < -0.3 is 15.5 Å². The molecule has 2 N–H and O–H groups in total. The number of likely N-dealkylation sites (tertiary alicyclic amines) is 1. The molecule has 6 heteroatoms. The third-order valence-corrected chi connectivity index (χ3v) is 4.59. The minimum atomic E-state index is 0. The molecule has 0 aromatic rings. The van der Waals surface area contributed by atoms with E-state index in [1.807, 2.05) is 18.8 Å². The summed E-state index contributed by atoms with van der Waals surface area (Å²) in [4.78, 5) is 6.88. The Morgan fingerprint density at radius 3 is 2.57 bits per heavy atom. The molecular weight excluding hydrogens is 395 g/mol. The average Bonchev–Trinajstić information content (AvgIpc) is 2.47. The highest BCUT2D eigenvalue weighted by Crippen LogP contribution is 2.15. The second kappa shape index (κ2) is 13.9. The largest absolute Gasteiger partial charge is 0.356 e. The second-order valence-corrected chi connectivity index (χ2v) is 6.49. The monoisotopic (exact) mass is 428 g/mol. The van der Waals surface area contributed by atoms with E-state index in [1.54, 1.807) is 0 Å². The van der Waals surface area contributed by atoms with Crippen molar-refractivity contribution in [3.05, 3.63) is 0 Å². The van der Waals surface area contributed by atoms with Crippen molar-refractivity contribution in [2.75, 3.05) is 45.2 Å². The van der Waals surface area contributed by atoms with Crippen molar-refractivity contribution in [1.82, 2.24) is 15.5 Å². The molecule has 0 bridgehead atoms. The van der Waals surface area contributed by atoms with Crippen molar-refractivity contribution in [2.24, 2.45) is 4.99 Å². The van der Waals surface area contributed by atoms with E-state index in [2.05, 4.69) is 33.7 Å². The van der Waals surface area contributed by atoms with Crippen LogP contribution in [0.5, 0.6) is 0 Å². The summed E-state index contributed by atoms with van der Waals surface area (Å²) in [5, 5.41) is 6.77. The first-order chi connectivity index (χ1) is 9.77. The second-order valence-electron chi connectivity index (χ2n) is 5.51. The van der Waals surface area contributed by atoms with Gasteiger partial charge in [0.25, 0.3) is 0 Å². The Labute approximate surface area is 152 Å². The summed E-state index contributed by atoms with van der Waals surface area (Å²) in [6.07, 6.45) is 8.67. The lowest BCUT2D eigenvalue weighted by Crippen LogP contribution is -2.41. The van der Waals surface area contributed by atoms with Gasteiger partial charge in [0.05, 0.1) is 0 Å². The van der Waals surface area contributed by atoms with Crippen LogP contribution in [0.25, 0.3) is 0 Å². The van der Waals surface area contributed by atoms with Crippen LogP contribution in [0.4, 0.5) is 0 Å². The number of rotatable bonds is 8. The highest BCUT2D eigenvalue weighted by molar-refractivity contribution is 14.0. The molecule has 1 fully saturated rings. The molecule has 0 radical (unpaired) electrons. The zero-order chi connectivity index (χ0) is 14.6. The number of aliphatic imine (C=N–C) groups is 1. The Bertz CT molecular complexity index is 276. The van der Waals surface area contributed by atoms with E-state index in [-0.39, 0.29) is 24.0 Å². The summed E-state index contributed by atoms with van der Waals surface area (Å²) < 4.78 is 0. The highest BCUT2D eigenvalue weighted by Gasteiger charge is 2.16. The first-order valence-electron chi connectivity index (χ1n) is 7.95. The predicted molar refractivity (Wildman–Crippen MR) is 107 cm³/mol. The molecule has 1 aliphatic heterocycles. The molecular formula is C15H33IN4S. The zero-order valence-corrected chi connectivity index (χ0v) is 17.0. The molecule has 1 unspecified atom stereocenters. The molecule has 0 aromatic heterocycles. The number of thioether (sulfide) groups is 1. The van der Waals surface area contributed by atoms with Crippen LogP contribution in [0.15, 0.2) is 4.99 Å². The van der Waals surface area contributed by atoms with E-state index in [4.69, 9.17) is 0 Å². The van der Waals surface area contributed by atoms with Crippen molar-refractivity contribution in [2.45, 2.75) is 45.1 Å². The third-order valence-electron chi connectivity index (χ3n) is 3.90. The lowest BCUT2D eigenvalue weighted by Gasteiger charge is -2.33. The Hall–Kier alpha value is 0.310.